The lowest BCUT2D eigenvalue weighted by Gasteiger charge is -2.22. The maximum atomic E-state index is 14.8. The third-order valence-corrected chi connectivity index (χ3v) is 11.7. The molecule has 0 fully saturated rings. The van der Waals surface area contributed by atoms with Gasteiger partial charge in [-0.3, -0.25) is 0 Å². The molecule has 0 saturated heterocycles. The maximum Gasteiger partial charge on any atom is 0.417 e. The van der Waals surface area contributed by atoms with Crippen LogP contribution in [0.15, 0.2) is 127 Å². The predicted molar refractivity (Wildman–Crippen MR) is 221 cm³/mol. The summed E-state index contributed by atoms with van der Waals surface area (Å²) in [5.41, 5.74) is -12.7. The molecule has 0 amide bonds. The number of fused-ring (bicyclic) bond motifs is 6. The van der Waals surface area contributed by atoms with E-state index >= 15 is 0 Å². The molecule has 0 N–H and O–H groups in total. The van der Waals surface area contributed by atoms with Crippen LogP contribution in [0, 0.1) is 11.3 Å². The van der Waals surface area contributed by atoms with Gasteiger partial charge in [0.2, 0.25) is 0 Å². The summed E-state index contributed by atoms with van der Waals surface area (Å²) in [5, 5.41) is 9.06. The van der Waals surface area contributed by atoms with E-state index in [9.17, 15) is 84.3 Å². The van der Waals surface area contributed by atoms with Crippen molar-refractivity contribution >= 4 is 43.6 Å². The molecule has 9 aromatic rings. The largest absolute Gasteiger partial charge is 0.417 e. The van der Waals surface area contributed by atoms with E-state index in [0.29, 0.717) is 60.7 Å². The lowest BCUT2D eigenvalue weighted by atomic mass is 9.90. The molecule has 9 rings (SSSR count). The van der Waals surface area contributed by atoms with Gasteiger partial charge in [0.05, 0.1) is 78.5 Å². The summed E-state index contributed by atoms with van der Waals surface area (Å²) < 4.78 is 258. The quantitative estimate of drug-likeness (QED) is 0.162. The number of rotatable bonds is 4. The Hall–Kier alpha value is -7.63. The number of nitriles is 1. The van der Waals surface area contributed by atoms with Crippen LogP contribution in [-0.2, 0) is 37.1 Å². The fraction of sp³-hybridized carbons (Fsp3) is 0.122. The average molecular weight is 994 g/mol. The van der Waals surface area contributed by atoms with Gasteiger partial charge in [-0.25, -0.2) is 0 Å². The average Bonchev–Trinajstić information content (AvgIpc) is 3.78. The van der Waals surface area contributed by atoms with Crippen molar-refractivity contribution in [3.63, 3.8) is 0 Å². The van der Waals surface area contributed by atoms with E-state index in [2.05, 4.69) is 0 Å². The summed E-state index contributed by atoms with van der Waals surface area (Å²) in [5.74, 6) is 0. The molecule has 3 nitrogen and oxygen atoms in total. The van der Waals surface area contributed by atoms with Gasteiger partial charge < -0.3 is 9.13 Å². The van der Waals surface area contributed by atoms with Gasteiger partial charge in [0.15, 0.2) is 0 Å². The van der Waals surface area contributed by atoms with Gasteiger partial charge in [-0.05, 0) is 120 Å². The van der Waals surface area contributed by atoms with E-state index in [1.807, 2.05) is 6.07 Å². The molecular formula is C49H21F18N3. The monoisotopic (exact) mass is 993 g/mol. The summed E-state index contributed by atoms with van der Waals surface area (Å²) in [6.45, 7) is 0. The van der Waals surface area contributed by atoms with Crippen LogP contribution in [0.25, 0.3) is 77.2 Å². The molecule has 2 heterocycles. The van der Waals surface area contributed by atoms with E-state index in [-0.39, 0.29) is 50.6 Å². The molecule has 21 heteroatoms. The van der Waals surface area contributed by atoms with Crippen LogP contribution in [0.2, 0.25) is 0 Å². The van der Waals surface area contributed by atoms with Gasteiger partial charge in [-0.1, -0.05) is 18.2 Å². The Bertz CT molecular complexity index is 3500. The molecule has 0 bridgehead atoms. The summed E-state index contributed by atoms with van der Waals surface area (Å²) >= 11 is 0. The smallest absolute Gasteiger partial charge is 0.309 e. The van der Waals surface area contributed by atoms with Gasteiger partial charge in [-0.2, -0.15) is 84.3 Å². The first kappa shape index (κ1) is 47.4. The van der Waals surface area contributed by atoms with Crippen molar-refractivity contribution in [1.82, 2.24) is 9.13 Å². The predicted octanol–water partition coefficient (Wildman–Crippen LogP) is 17.2. The highest BCUT2D eigenvalue weighted by Crippen LogP contribution is 2.48. The zero-order chi connectivity index (χ0) is 50.8. The number of nitrogens with zero attached hydrogens (tertiary/aromatic N) is 3. The Morgan fingerprint density at radius 3 is 1.09 bits per heavy atom. The molecule has 0 unspecified atom stereocenters. The van der Waals surface area contributed by atoms with E-state index in [4.69, 9.17) is 0 Å². The van der Waals surface area contributed by atoms with Crippen molar-refractivity contribution in [2.24, 2.45) is 0 Å². The van der Waals surface area contributed by atoms with Crippen molar-refractivity contribution in [3.05, 3.63) is 166 Å². The van der Waals surface area contributed by atoms with Gasteiger partial charge in [0, 0.05) is 32.7 Å². The Morgan fingerprint density at radius 1 is 0.343 bits per heavy atom. The molecule has 0 saturated carbocycles. The Kier molecular flexibility index (Phi) is 10.6. The van der Waals surface area contributed by atoms with Crippen molar-refractivity contribution in [2.45, 2.75) is 37.1 Å². The normalized spacial score (nSPS) is 13.3. The number of alkyl halides is 18. The first-order chi connectivity index (χ1) is 32.5. The fourth-order valence-electron chi connectivity index (χ4n) is 8.68. The number of hydrogen-bond donors (Lipinski definition) is 0. The van der Waals surface area contributed by atoms with Crippen molar-refractivity contribution < 1.29 is 79.0 Å². The summed E-state index contributed by atoms with van der Waals surface area (Å²) in [7, 11) is 0. The molecule has 0 aliphatic carbocycles. The molecule has 0 radical (unpaired) electrons. The molecule has 358 valence electrons. The first-order valence-electron chi connectivity index (χ1n) is 19.9. The standard InChI is InChI=1S/C49H21F18N3/c50-44(51,52)25-6-12-37-31(17-25)32-18-26(45(53,54)55)7-13-38(32)69(37)41-11-4-23(30-10-5-29(48(62,63)64)21-36(30)49(65,66)67)16-35(41)43-24(22-68)2-1-3-42(43)70-39-14-8-27(46(56,57)58)19-33(39)34-20-28(47(59,60)61)9-15-40(34)70/h1-21H. The van der Waals surface area contributed by atoms with Crippen LogP contribution in [0.5, 0.6) is 0 Å². The van der Waals surface area contributed by atoms with Gasteiger partial charge in [0.25, 0.3) is 0 Å². The minimum Gasteiger partial charge on any atom is -0.309 e. The second-order valence-corrected chi connectivity index (χ2v) is 15.9. The second-order valence-electron chi connectivity index (χ2n) is 15.9. The van der Waals surface area contributed by atoms with E-state index in [1.54, 1.807) is 0 Å². The summed E-state index contributed by atoms with van der Waals surface area (Å²) in [4.78, 5) is 0. The van der Waals surface area contributed by atoms with Crippen molar-refractivity contribution in [3.8, 4) is 39.7 Å². The number of halogens is 18. The summed E-state index contributed by atoms with van der Waals surface area (Å²) in [6, 6.07) is 17.4. The van der Waals surface area contributed by atoms with E-state index in [1.165, 1.54) is 12.1 Å². The minimum atomic E-state index is -5.47. The molecule has 0 aliphatic heterocycles. The maximum absolute atomic E-state index is 14.8. The van der Waals surface area contributed by atoms with Crippen LogP contribution in [0.1, 0.15) is 38.9 Å². The fourth-order valence-corrected chi connectivity index (χ4v) is 8.68. The summed E-state index contributed by atoms with van der Waals surface area (Å²) in [6.07, 6.45) is -30.9. The topological polar surface area (TPSA) is 33.6 Å². The molecular weight excluding hydrogens is 973 g/mol. The molecule has 0 aliphatic rings. The molecule has 2 aromatic heterocycles. The van der Waals surface area contributed by atoms with E-state index in [0.717, 1.165) is 57.7 Å². The van der Waals surface area contributed by atoms with Gasteiger partial charge in [-0.15, -0.1) is 0 Å². The van der Waals surface area contributed by atoms with Gasteiger partial charge in [0.1, 0.15) is 0 Å². The highest BCUT2D eigenvalue weighted by atomic mass is 19.4. The van der Waals surface area contributed by atoms with E-state index < -0.39 is 109 Å². The number of benzene rings is 7. The van der Waals surface area contributed by atoms with Crippen LogP contribution >= 0.6 is 0 Å². The molecule has 0 atom stereocenters. The minimum absolute atomic E-state index is 0.163. The van der Waals surface area contributed by atoms with Gasteiger partial charge >= 0.3 is 37.1 Å². The highest BCUT2D eigenvalue weighted by molar-refractivity contribution is 6.12. The number of hydrogen-bond acceptors (Lipinski definition) is 1. The second kappa shape index (κ2) is 15.7. The van der Waals surface area contributed by atoms with Crippen LogP contribution in [0.4, 0.5) is 79.0 Å². The molecule has 0 spiro atoms. The Morgan fingerprint density at radius 2 is 0.714 bits per heavy atom. The van der Waals surface area contributed by atoms with Crippen LogP contribution < -0.4 is 0 Å². The van der Waals surface area contributed by atoms with Crippen molar-refractivity contribution in [2.75, 3.05) is 0 Å². The van der Waals surface area contributed by atoms with Crippen LogP contribution in [0.3, 0.4) is 0 Å². The third-order valence-electron chi connectivity index (χ3n) is 11.7. The third kappa shape index (κ3) is 8.07. The Balaban J connectivity index is 1.46. The SMILES string of the molecule is N#Cc1cccc(-n2c3ccc(C(F)(F)F)cc3c3cc(C(F)(F)F)ccc32)c1-c1cc(-c2ccc(C(F)(F)F)cc2C(F)(F)F)ccc1-n1c2ccc(C(F)(F)F)cc2c2cc(C(F)(F)F)ccc21. The first-order valence-corrected chi connectivity index (χ1v) is 19.9. The zero-order valence-electron chi connectivity index (χ0n) is 34.3. The lowest BCUT2D eigenvalue weighted by Crippen LogP contribution is -2.12. The van der Waals surface area contributed by atoms with Crippen molar-refractivity contribution in [1.29, 1.82) is 5.26 Å². The highest BCUT2D eigenvalue weighted by Gasteiger charge is 2.40. The molecule has 7 aromatic carbocycles. The zero-order valence-corrected chi connectivity index (χ0v) is 34.3. The lowest BCUT2D eigenvalue weighted by molar-refractivity contribution is -0.143. The Labute approximate surface area is 379 Å². The number of aromatic nitrogens is 2. The van der Waals surface area contributed by atoms with Crippen LogP contribution in [-0.4, -0.2) is 9.13 Å². The molecule has 70 heavy (non-hydrogen) atoms.